The van der Waals surface area contributed by atoms with Crippen LogP contribution in [0.1, 0.15) is 45.4 Å². The van der Waals surface area contributed by atoms with Crippen molar-refractivity contribution in [3.63, 3.8) is 0 Å². The van der Waals surface area contributed by atoms with Crippen molar-refractivity contribution in [2.24, 2.45) is 11.3 Å². The minimum absolute atomic E-state index is 0.0535. The van der Waals surface area contributed by atoms with Crippen LogP contribution in [0.15, 0.2) is 0 Å². The minimum Gasteiger partial charge on any atom is -0.396 e. The predicted octanol–water partition coefficient (Wildman–Crippen LogP) is 1.72. The minimum atomic E-state index is -0.705. The summed E-state index contributed by atoms with van der Waals surface area (Å²) in [6.45, 7) is 3.51. The molecule has 0 spiro atoms. The fourth-order valence-electron chi connectivity index (χ4n) is 3.27. The maximum Gasteiger partial charge on any atom is 0.0748 e. The summed E-state index contributed by atoms with van der Waals surface area (Å²) in [7, 11) is 0. The molecule has 1 saturated heterocycles. The van der Waals surface area contributed by atoms with Gasteiger partial charge in [-0.3, -0.25) is 0 Å². The van der Waals surface area contributed by atoms with E-state index in [9.17, 15) is 10.2 Å². The first-order valence-corrected chi connectivity index (χ1v) is 6.53. The smallest absolute Gasteiger partial charge is 0.0748 e. The Morgan fingerprint density at radius 3 is 2.69 bits per heavy atom. The lowest BCUT2D eigenvalue weighted by molar-refractivity contribution is -0.120. The summed E-state index contributed by atoms with van der Waals surface area (Å²) in [5.41, 5.74) is -1.10. The maximum atomic E-state index is 10.9. The van der Waals surface area contributed by atoms with Gasteiger partial charge in [0, 0.05) is 12.0 Å². The van der Waals surface area contributed by atoms with Crippen LogP contribution < -0.4 is 0 Å². The Bertz CT molecular complexity index is 235. The highest BCUT2D eigenvalue weighted by Crippen LogP contribution is 2.47. The second-order valence-electron chi connectivity index (χ2n) is 5.81. The third-order valence-corrected chi connectivity index (χ3v) is 4.73. The van der Waals surface area contributed by atoms with E-state index in [-0.39, 0.29) is 6.61 Å². The molecule has 1 saturated carbocycles. The maximum absolute atomic E-state index is 10.9. The average Bonchev–Trinajstić information content (AvgIpc) is 2.70. The molecule has 0 radical (unpaired) electrons. The lowest BCUT2D eigenvalue weighted by Crippen LogP contribution is -2.51. The Kier molecular flexibility index (Phi) is 3.57. The molecule has 3 unspecified atom stereocenters. The summed E-state index contributed by atoms with van der Waals surface area (Å²) in [4.78, 5) is 0. The number of aliphatic hydroxyl groups is 2. The highest BCUT2D eigenvalue weighted by Gasteiger charge is 2.52. The van der Waals surface area contributed by atoms with Gasteiger partial charge in [0.25, 0.3) is 0 Å². The van der Waals surface area contributed by atoms with Gasteiger partial charge in [-0.25, -0.2) is 0 Å². The van der Waals surface area contributed by atoms with Crippen molar-refractivity contribution in [1.82, 2.24) is 0 Å². The van der Waals surface area contributed by atoms with Crippen LogP contribution >= 0.6 is 0 Å². The van der Waals surface area contributed by atoms with Crippen molar-refractivity contribution in [3.05, 3.63) is 0 Å². The Labute approximate surface area is 97.8 Å². The molecule has 16 heavy (non-hydrogen) atoms. The van der Waals surface area contributed by atoms with Crippen molar-refractivity contribution in [3.8, 4) is 0 Å². The highest BCUT2D eigenvalue weighted by atomic mass is 16.5. The summed E-state index contributed by atoms with van der Waals surface area (Å²) < 4.78 is 5.42. The predicted molar refractivity (Wildman–Crippen MR) is 62.2 cm³/mol. The van der Waals surface area contributed by atoms with Gasteiger partial charge in [-0.15, -0.1) is 0 Å². The van der Waals surface area contributed by atoms with E-state index in [4.69, 9.17) is 4.74 Å². The second kappa shape index (κ2) is 4.63. The van der Waals surface area contributed by atoms with Crippen LogP contribution in [0.3, 0.4) is 0 Å². The van der Waals surface area contributed by atoms with E-state index >= 15 is 0 Å². The number of aliphatic hydroxyl groups excluding tert-OH is 1. The van der Waals surface area contributed by atoms with E-state index in [0.29, 0.717) is 19.1 Å². The van der Waals surface area contributed by atoms with E-state index in [1.807, 2.05) is 0 Å². The quantitative estimate of drug-likeness (QED) is 0.707. The van der Waals surface area contributed by atoms with Gasteiger partial charge in [0.2, 0.25) is 0 Å². The molecule has 1 aliphatic carbocycles. The van der Waals surface area contributed by atoms with Crippen molar-refractivity contribution in [1.29, 1.82) is 0 Å². The van der Waals surface area contributed by atoms with Gasteiger partial charge in [-0.05, 0) is 31.6 Å². The zero-order valence-corrected chi connectivity index (χ0v) is 10.2. The van der Waals surface area contributed by atoms with Gasteiger partial charge in [-0.2, -0.15) is 0 Å². The number of ether oxygens (including phenoxy) is 1. The van der Waals surface area contributed by atoms with Crippen LogP contribution in [0.2, 0.25) is 0 Å². The van der Waals surface area contributed by atoms with Crippen LogP contribution in [0.4, 0.5) is 0 Å². The molecule has 0 aromatic carbocycles. The van der Waals surface area contributed by atoms with E-state index in [1.54, 1.807) is 0 Å². The molecule has 2 N–H and O–H groups in total. The van der Waals surface area contributed by atoms with Crippen LogP contribution in [0, 0.1) is 11.3 Å². The Balaban J connectivity index is 2.15. The summed E-state index contributed by atoms with van der Waals surface area (Å²) in [6, 6.07) is 0. The highest BCUT2D eigenvalue weighted by molar-refractivity contribution is 5.01. The summed E-state index contributed by atoms with van der Waals surface area (Å²) in [6.07, 6.45) is 5.77. The standard InChI is InChI=1S/C13H24O3/c1-11-3-2-5-13(15,6-4-11)12(9-14)7-8-16-10-12/h11,14-15H,2-10H2,1H3. The largest absolute Gasteiger partial charge is 0.396 e. The molecule has 3 nitrogen and oxygen atoms in total. The molecule has 3 heteroatoms. The lowest BCUT2D eigenvalue weighted by atomic mass is 9.68. The van der Waals surface area contributed by atoms with Crippen LogP contribution in [-0.4, -0.2) is 35.6 Å². The SMILES string of the molecule is CC1CCCC(O)(C2(CO)CCOC2)CC1. The molecular formula is C13H24O3. The van der Waals surface area contributed by atoms with Crippen molar-refractivity contribution < 1.29 is 14.9 Å². The van der Waals surface area contributed by atoms with Gasteiger partial charge in [0.1, 0.15) is 0 Å². The fraction of sp³-hybridized carbons (Fsp3) is 1.00. The van der Waals surface area contributed by atoms with Crippen LogP contribution in [0.5, 0.6) is 0 Å². The molecule has 3 atom stereocenters. The number of hydrogen-bond donors (Lipinski definition) is 2. The lowest BCUT2D eigenvalue weighted by Gasteiger charge is -2.42. The topological polar surface area (TPSA) is 49.7 Å². The van der Waals surface area contributed by atoms with Gasteiger partial charge >= 0.3 is 0 Å². The first kappa shape index (κ1) is 12.3. The number of rotatable bonds is 2. The average molecular weight is 228 g/mol. The van der Waals surface area contributed by atoms with Gasteiger partial charge < -0.3 is 14.9 Å². The van der Waals surface area contributed by atoms with Gasteiger partial charge in [0.05, 0.1) is 18.8 Å². The molecule has 0 amide bonds. The molecule has 2 fully saturated rings. The van der Waals surface area contributed by atoms with E-state index in [0.717, 1.165) is 32.1 Å². The van der Waals surface area contributed by atoms with Gasteiger partial charge in [-0.1, -0.05) is 19.8 Å². The second-order valence-corrected chi connectivity index (χ2v) is 5.81. The molecule has 1 heterocycles. The Hall–Kier alpha value is -0.120. The summed E-state index contributed by atoms with van der Waals surface area (Å²) in [5, 5.41) is 20.5. The third kappa shape index (κ3) is 2.01. The van der Waals surface area contributed by atoms with E-state index < -0.39 is 11.0 Å². The van der Waals surface area contributed by atoms with E-state index in [1.165, 1.54) is 6.42 Å². The molecule has 0 aromatic heterocycles. The molecule has 2 aliphatic rings. The summed E-state index contributed by atoms with van der Waals surface area (Å²) >= 11 is 0. The molecule has 0 aromatic rings. The van der Waals surface area contributed by atoms with Gasteiger partial charge in [0.15, 0.2) is 0 Å². The van der Waals surface area contributed by atoms with Crippen molar-refractivity contribution in [2.45, 2.75) is 51.0 Å². The van der Waals surface area contributed by atoms with Crippen molar-refractivity contribution >= 4 is 0 Å². The monoisotopic (exact) mass is 228 g/mol. The first-order valence-electron chi connectivity index (χ1n) is 6.53. The Morgan fingerprint density at radius 1 is 1.25 bits per heavy atom. The fourth-order valence-corrected chi connectivity index (χ4v) is 3.27. The molecule has 2 rings (SSSR count). The zero-order chi connectivity index (χ0) is 11.6. The normalized spacial score (nSPS) is 45.6. The van der Waals surface area contributed by atoms with Crippen LogP contribution in [-0.2, 0) is 4.74 Å². The first-order chi connectivity index (χ1) is 7.62. The van der Waals surface area contributed by atoms with Crippen LogP contribution in [0.25, 0.3) is 0 Å². The molecule has 94 valence electrons. The molecular weight excluding hydrogens is 204 g/mol. The van der Waals surface area contributed by atoms with E-state index in [2.05, 4.69) is 6.92 Å². The summed E-state index contributed by atoms with van der Waals surface area (Å²) in [5.74, 6) is 0.701. The number of hydrogen-bond acceptors (Lipinski definition) is 3. The molecule has 0 bridgehead atoms. The Morgan fingerprint density at radius 2 is 2.06 bits per heavy atom. The third-order valence-electron chi connectivity index (χ3n) is 4.73. The zero-order valence-electron chi connectivity index (χ0n) is 10.2. The molecule has 1 aliphatic heterocycles. The van der Waals surface area contributed by atoms with Crippen molar-refractivity contribution in [2.75, 3.05) is 19.8 Å².